The number of nitrogens with one attached hydrogen (secondary N) is 2. The van der Waals surface area contributed by atoms with Crippen LogP contribution in [0, 0.1) is 11.3 Å². The first-order valence-electron chi connectivity index (χ1n) is 10.2. The molecule has 0 radical (unpaired) electrons. The molecule has 8 nitrogen and oxygen atoms in total. The minimum atomic E-state index is -0.632. The number of fused-ring (bicyclic) bond motifs is 1. The zero-order valence-corrected chi connectivity index (χ0v) is 17.6. The summed E-state index contributed by atoms with van der Waals surface area (Å²) >= 11 is 0. The second-order valence-electron chi connectivity index (χ2n) is 9.23. The van der Waals surface area contributed by atoms with Crippen LogP contribution in [0.4, 0.5) is 4.79 Å². The summed E-state index contributed by atoms with van der Waals surface area (Å²) < 4.78 is 10.3. The maximum Gasteiger partial charge on any atom is 0.407 e. The summed E-state index contributed by atoms with van der Waals surface area (Å²) in [5.41, 5.74) is -0.279. The molecule has 1 aliphatic heterocycles. The second kappa shape index (κ2) is 8.08. The number of alkyl carbamates (subject to hydrolysis) is 1. The summed E-state index contributed by atoms with van der Waals surface area (Å²) in [5, 5.41) is 5.64. The van der Waals surface area contributed by atoms with Crippen molar-refractivity contribution < 1.29 is 23.5 Å². The number of nitrogens with zero attached hydrogens (tertiary/aromatic N) is 1. The molecule has 2 N–H and O–H groups in total. The molecule has 0 aromatic carbocycles. The first kappa shape index (κ1) is 21.2. The monoisotopic (exact) mass is 405 g/mol. The molecule has 1 aromatic rings. The predicted molar refractivity (Wildman–Crippen MR) is 106 cm³/mol. The number of carbonyl (C=O) groups excluding carboxylic acids is 3. The van der Waals surface area contributed by atoms with E-state index >= 15 is 0 Å². The number of likely N-dealkylation sites (tertiary alicyclic amines) is 1. The minimum Gasteiger partial charge on any atom is -0.472 e. The fourth-order valence-corrected chi connectivity index (χ4v) is 4.44. The van der Waals surface area contributed by atoms with E-state index in [1.807, 2.05) is 25.7 Å². The number of amides is 3. The molecule has 3 amide bonds. The van der Waals surface area contributed by atoms with Crippen LogP contribution in [0.5, 0.6) is 0 Å². The molecule has 8 heteroatoms. The van der Waals surface area contributed by atoms with Gasteiger partial charge in [0.1, 0.15) is 17.9 Å². The molecule has 160 valence electrons. The van der Waals surface area contributed by atoms with Gasteiger partial charge >= 0.3 is 6.09 Å². The van der Waals surface area contributed by atoms with Crippen molar-refractivity contribution in [3.63, 3.8) is 0 Å². The third-order valence-electron chi connectivity index (χ3n) is 5.84. The van der Waals surface area contributed by atoms with Gasteiger partial charge in [0.25, 0.3) is 5.91 Å². The number of hydrogen-bond acceptors (Lipinski definition) is 5. The van der Waals surface area contributed by atoms with E-state index in [1.165, 1.54) is 12.5 Å². The first-order chi connectivity index (χ1) is 13.6. The van der Waals surface area contributed by atoms with Gasteiger partial charge in [0.2, 0.25) is 5.91 Å². The molecular formula is C21H31N3O5. The van der Waals surface area contributed by atoms with Gasteiger partial charge in [0.05, 0.1) is 11.8 Å². The van der Waals surface area contributed by atoms with Crippen molar-refractivity contribution >= 4 is 17.9 Å². The molecule has 0 unspecified atom stereocenters. The minimum absolute atomic E-state index is 0.104. The average molecular weight is 405 g/mol. The van der Waals surface area contributed by atoms with Crippen LogP contribution in [0.15, 0.2) is 23.0 Å². The van der Waals surface area contributed by atoms with Crippen molar-refractivity contribution in [1.82, 2.24) is 15.5 Å². The van der Waals surface area contributed by atoms with Gasteiger partial charge < -0.3 is 24.7 Å². The lowest BCUT2D eigenvalue weighted by atomic mass is 9.81. The Labute approximate surface area is 171 Å². The Morgan fingerprint density at radius 3 is 2.79 bits per heavy atom. The van der Waals surface area contributed by atoms with Crippen molar-refractivity contribution in [3.8, 4) is 0 Å². The van der Waals surface area contributed by atoms with Crippen LogP contribution in [0.25, 0.3) is 0 Å². The van der Waals surface area contributed by atoms with Crippen LogP contribution < -0.4 is 10.6 Å². The van der Waals surface area contributed by atoms with Crippen LogP contribution in [0.2, 0.25) is 0 Å². The van der Waals surface area contributed by atoms with Gasteiger partial charge in [0, 0.05) is 25.0 Å². The molecular weight excluding hydrogens is 374 g/mol. The molecule has 1 saturated heterocycles. The standard InChI is InChI=1S/C21H31N3O5/c1-14(23-17(25)15-7-9-28-11-15)18(26)24-10-16-6-5-8-21(16,13-24)12-22-19(27)29-20(2,3)4/h7,9,11,14,16H,5-6,8,10,12-13H2,1-4H3,(H,22,27)(H,23,25)/t14-,16-,21-/m1/s1. The van der Waals surface area contributed by atoms with Gasteiger partial charge in [-0.25, -0.2) is 4.79 Å². The molecule has 1 aromatic heterocycles. The maximum absolute atomic E-state index is 12.9. The summed E-state index contributed by atoms with van der Waals surface area (Å²) in [6.07, 6.45) is 5.44. The smallest absolute Gasteiger partial charge is 0.407 e. The summed E-state index contributed by atoms with van der Waals surface area (Å²) in [6, 6.07) is 0.927. The molecule has 29 heavy (non-hydrogen) atoms. The lowest BCUT2D eigenvalue weighted by Crippen LogP contribution is -2.47. The summed E-state index contributed by atoms with van der Waals surface area (Å²) in [5.74, 6) is -0.0913. The third kappa shape index (κ3) is 4.92. The van der Waals surface area contributed by atoms with Crippen molar-refractivity contribution in [3.05, 3.63) is 24.2 Å². The van der Waals surface area contributed by atoms with Crippen LogP contribution in [-0.2, 0) is 9.53 Å². The number of furan rings is 1. The van der Waals surface area contributed by atoms with E-state index in [-0.39, 0.29) is 17.2 Å². The van der Waals surface area contributed by atoms with Crippen LogP contribution in [-0.4, -0.2) is 54.1 Å². The third-order valence-corrected chi connectivity index (χ3v) is 5.84. The highest BCUT2D eigenvalue weighted by Gasteiger charge is 2.51. The zero-order chi connectivity index (χ0) is 21.2. The van der Waals surface area contributed by atoms with Crippen LogP contribution >= 0.6 is 0 Å². The Morgan fingerprint density at radius 2 is 2.14 bits per heavy atom. The molecule has 2 heterocycles. The summed E-state index contributed by atoms with van der Waals surface area (Å²) in [6.45, 7) is 8.92. The van der Waals surface area contributed by atoms with E-state index in [1.54, 1.807) is 13.0 Å². The number of hydrogen-bond donors (Lipinski definition) is 2. The molecule has 3 atom stereocenters. The fraction of sp³-hybridized carbons (Fsp3) is 0.667. The molecule has 1 saturated carbocycles. The van der Waals surface area contributed by atoms with Gasteiger partial charge in [-0.05, 0) is 52.5 Å². The Bertz CT molecular complexity index is 755. The highest BCUT2D eigenvalue weighted by atomic mass is 16.6. The highest BCUT2D eigenvalue weighted by molar-refractivity contribution is 5.97. The van der Waals surface area contributed by atoms with Gasteiger partial charge in [-0.2, -0.15) is 0 Å². The van der Waals surface area contributed by atoms with Crippen molar-refractivity contribution in [1.29, 1.82) is 0 Å². The van der Waals surface area contributed by atoms with Gasteiger partial charge in [-0.3, -0.25) is 9.59 Å². The van der Waals surface area contributed by atoms with Crippen molar-refractivity contribution in [2.24, 2.45) is 11.3 Å². The Hall–Kier alpha value is -2.51. The van der Waals surface area contributed by atoms with Crippen LogP contribution in [0.3, 0.4) is 0 Å². The SMILES string of the molecule is C[C@@H](NC(=O)c1ccoc1)C(=O)N1C[C@H]2CCC[C@@]2(CNC(=O)OC(C)(C)C)C1. The van der Waals surface area contributed by atoms with E-state index in [9.17, 15) is 14.4 Å². The van der Waals surface area contributed by atoms with E-state index in [0.29, 0.717) is 31.1 Å². The van der Waals surface area contributed by atoms with Gasteiger partial charge in [-0.15, -0.1) is 0 Å². The van der Waals surface area contributed by atoms with Crippen molar-refractivity contribution in [2.45, 2.75) is 58.6 Å². The van der Waals surface area contributed by atoms with E-state index in [0.717, 1.165) is 19.3 Å². The van der Waals surface area contributed by atoms with E-state index in [2.05, 4.69) is 10.6 Å². The Balaban J connectivity index is 1.58. The van der Waals surface area contributed by atoms with Crippen LogP contribution in [0.1, 0.15) is 57.3 Å². The van der Waals surface area contributed by atoms with E-state index in [4.69, 9.17) is 9.15 Å². The predicted octanol–water partition coefficient (Wildman–Crippen LogP) is 2.55. The highest BCUT2D eigenvalue weighted by Crippen LogP contribution is 2.48. The number of carbonyl (C=O) groups is 3. The second-order valence-corrected chi connectivity index (χ2v) is 9.23. The molecule has 3 rings (SSSR count). The summed E-state index contributed by atoms with van der Waals surface area (Å²) in [4.78, 5) is 39.0. The lowest BCUT2D eigenvalue weighted by Gasteiger charge is -2.30. The molecule has 1 aliphatic carbocycles. The van der Waals surface area contributed by atoms with E-state index < -0.39 is 17.7 Å². The molecule has 0 spiro atoms. The molecule has 2 aliphatic rings. The number of ether oxygens (including phenoxy) is 1. The zero-order valence-electron chi connectivity index (χ0n) is 17.6. The van der Waals surface area contributed by atoms with Gasteiger partial charge in [-0.1, -0.05) is 6.42 Å². The largest absolute Gasteiger partial charge is 0.472 e. The lowest BCUT2D eigenvalue weighted by molar-refractivity contribution is -0.132. The molecule has 2 fully saturated rings. The Kier molecular flexibility index (Phi) is 5.91. The summed E-state index contributed by atoms with van der Waals surface area (Å²) in [7, 11) is 0. The topological polar surface area (TPSA) is 101 Å². The maximum atomic E-state index is 12.9. The molecule has 0 bridgehead atoms. The van der Waals surface area contributed by atoms with Gasteiger partial charge in [0.15, 0.2) is 0 Å². The normalized spacial score (nSPS) is 24.7. The first-order valence-corrected chi connectivity index (χ1v) is 10.2. The average Bonchev–Trinajstić information content (AvgIpc) is 3.33. The number of rotatable bonds is 5. The quantitative estimate of drug-likeness (QED) is 0.784. The Morgan fingerprint density at radius 1 is 1.38 bits per heavy atom. The van der Waals surface area contributed by atoms with Crippen molar-refractivity contribution in [2.75, 3.05) is 19.6 Å². The fourth-order valence-electron chi connectivity index (χ4n) is 4.44.